The summed E-state index contributed by atoms with van der Waals surface area (Å²) in [6.45, 7) is 4.59. The Labute approximate surface area is 77.7 Å². The van der Waals surface area contributed by atoms with Gasteiger partial charge in [0.1, 0.15) is 0 Å². The van der Waals surface area contributed by atoms with Gasteiger partial charge in [-0.1, -0.05) is 0 Å². The molecule has 0 aromatic rings. The monoisotopic (exact) mass is 162 g/mol. The van der Waals surface area contributed by atoms with E-state index in [-0.39, 0.29) is 54.9 Å². The molecule has 2 heteroatoms. The average Bonchev–Trinajstić information content (AvgIpc) is 1.41. The molecule has 0 N–H and O–H groups in total. The van der Waals surface area contributed by atoms with Crippen LogP contribution in [0.15, 0.2) is 0 Å². The van der Waals surface area contributed by atoms with E-state index >= 15 is 0 Å². The van der Waals surface area contributed by atoms with Crippen LogP contribution in [0.1, 0.15) is 13.8 Å². The van der Waals surface area contributed by atoms with Crippen LogP contribution in [0.4, 0.5) is 0 Å². The van der Waals surface area contributed by atoms with Crippen molar-refractivity contribution in [2.45, 2.75) is 23.9 Å². The predicted molar refractivity (Wildman–Crippen MR) is 21.0 cm³/mol. The number of hydrogen-bond acceptors (Lipinski definition) is 0. The van der Waals surface area contributed by atoms with Gasteiger partial charge in [0, 0.05) is 37.7 Å². The maximum Gasteiger partial charge on any atom is 0 e. The summed E-state index contributed by atoms with van der Waals surface area (Å²) in [5.74, 6) is 0. The molecule has 0 aliphatic rings. The fraction of sp³-hybridized carbons (Fsp3) is 1.00. The zero-order valence-corrected chi connectivity index (χ0v) is 8.15. The zero-order valence-electron chi connectivity index (χ0n) is 4.47. The SMILES string of the molecule is C[CH2][Zn][CH2]C.[Ar]. The Bertz CT molecular complexity index is 15.0. The topological polar surface area (TPSA) is 0 Å². The first-order valence-electron chi connectivity index (χ1n) is 2.41. The molecule has 0 unspecified atom stereocenters. The molecule has 0 spiro atoms. The first kappa shape index (κ1) is 10.8. The minimum atomic E-state index is 0. The molecule has 0 saturated heterocycles. The van der Waals surface area contributed by atoms with Gasteiger partial charge in [-0.25, -0.2) is 0 Å². The maximum absolute atomic E-state index is 2.30. The molecule has 0 fully saturated rings. The van der Waals surface area contributed by atoms with Crippen molar-refractivity contribution in [3.63, 3.8) is 0 Å². The Morgan fingerprint density at radius 2 is 1.50 bits per heavy atom. The Morgan fingerprint density at radius 3 is 1.50 bits per heavy atom. The van der Waals surface area contributed by atoms with Crippen molar-refractivity contribution in [2.24, 2.45) is 0 Å². The molecule has 0 aromatic carbocycles. The summed E-state index contributed by atoms with van der Waals surface area (Å²) in [7, 11) is 0. The number of rotatable bonds is 2. The third kappa shape index (κ3) is 9.30. The van der Waals surface area contributed by atoms with E-state index in [1.54, 1.807) is 0 Å². The molecule has 0 aliphatic carbocycles. The average molecular weight is 163 g/mol. The summed E-state index contributed by atoms with van der Waals surface area (Å²) in [6.07, 6.45) is 0. The molecule has 0 radical (unpaired) electrons. The molecule has 0 atom stereocenters. The van der Waals surface area contributed by atoms with Gasteiger partial charge in [0.25, 0.3) is 0 Å². The minimum absolute atomic E-state index is 0. The molecule has 0 amide bonds. The van der Waals surface area contributed by atoms with Crippen LogP contribution in [-0.4, -0.2) is 0 Å². The summed E-state index contributed by atoms with van der Waals surface area (Å²) >= 11 is 0.0972. The second kappa shape index (κ2) is 9.99. The van der Waals surface area contributed by atoms with Crippen molar-refractivity contribution in [1.82, 2.24) is 0 Å². The Kier molecular flexibility index (Phi) is 18.0. The fourth-order valence-electron chi connectivity index (χ4n) is 0.354. The van der Waals surface area contributed by atoms with E-state index in [1.807, 2.05) is 0 Å². The van der Waals surface area contributed by atoms with Crippen LogP contribution in [0.25, 0.3) is 0 Å². The summed E-state index contributed by atoms with van der Waals surface area (Å²) in [6, 6.07) is 0. The first-order chi connectivity index (χ1) is 2.41. The smallest absolute Gasteiger partial charge is 0 e. The van der Waals surface area contributed by atoms with Gasteiger partial charge in [-0.3, -0.25) is 0 Å². The first-order valence-corrected chi connectivity index (χ1v) is 6.61. The third-order valence-corrected chi connectivity index (χ3v) is 3.67. The summed E-state index contributed by atoms with van der Waals surface area (Å²) in [4.78, 5) is 0. The summed E-state index contributed by atoms with van der Waals surface area (Å²) in [5.41, 5.74) is 0. The van der Waals surface area contributed by atoms with Crippen molar-refractivity contribution in [1.29, 1.82) is 0 Å². The van der Waals surface area contributed by atoms with E-state index < -0.39 is 0 Å². The van der Waals surface area contributed by atoms with E-state index in [4.69, 9.17) is 0 Å². The molecule has 0 aromatic heterocycles. The summed E-state index contributed by atoms with van der Waals surface area (Å²) in [5, 5.41) is 3.06. The molecule has 0 bridgehead atoms. The van der Waals surface area contributed by atoms with Crippen LogP contribution < -0.4 is 0 Å². The second-order valence-electron chi connectivity index (χ2n) is 1.35. The van der Waals surface area contributed by atoms with Crippen LogP contribution >= 0.6 is 0 Å². The molecular weight excluding hydrogens is 153 g/mol. The van der Waals surface area contributed by atoms with Gasteiger partial charge in [-0.2, -0.15) is 0 Å². The second-order valence-corrected chi connectivity index (χ2v) is 7.03. The van der Waals surface area contributed by atoms with Crippen LogP contribution in [0.3, 0.4) is 0 Å². The molecule has 0 saturated carbocycles. The normalized spacial score (nSPS) is 5.67. The quantitative estimate of drug-likeness (QED) is 0.546. The van der Waals surface area contributed by atoms with Gasteiger partial charge in [0.2, 0.25) is 0 Å². The minimum Gasteiger partial charge on any atom is 0 e. The molecule has 0 heterocycles. The van der Waals surface area contributed by atoms with Crippen LogP contribution in [0.2, 0.25) is 10.0 Å². The number of hydrogen-bond donors (Lipinski definition) is 0. The fourth-order valence-corrected chi connectivity index (χ4v) is 1.84. The van der Waals surface area contributed by atoms with Crippen LogP contribution in [-0.2, 0) is 17.1 Å². The Hall–Kier alpha value is 1.88. The van der Waals surface area contributed by atoms with Crippen molar-refractivity contribution >= 4 is 0 Å². The summed E-state index contributed by atoms with van der Waals surface area (Å²) < 4.78 is 0. The Morgan fingerprint density at radius 1 is 1.17 bits per heavy atom. The molecule has 0 rings (SSSR count). The third-order valence-electron chi connectivity index (χ3n) is 0.707. The zero-order chi connectivity index (χ0) is 4.12. The van der Waals surface area contributed by atoms with E-state index in [9.17, 15) is 0 Å². The van der Waals surface area contributed by atoms with Crippen molar-refractivity contribution in [3.8, 4) is 0 Å². The van der Waals surface area contributed by atoms with E-state index in [0.717, 1.165) is 0 Å². The van der Waals surface area contributed by atoms with E-state index in [1.165, 1.54) is 10.0 Å². The molecule has 6 heavy (non-hydrogen) atoms. The van der Waals surface area contributed by atoms with Gasteiger partial charge in [-0.05, 0) is 0 Å². The van der Waals surface area contributed by atoms with Crippen molar-refractivity contribution in [2.75, 3.05) is 0 Å². The van der Waals surface area contributed by atoms with Crippen molar-refractivity contribution < 1.29 is 54.9 Å². The van der Waals surface area contributed by atoms with Gasteiger partial charge in [0.15, 0.2) is 0 Å². The Balaban J connectivity index is 0. The van der Waals surface area contributed by atoms with Gasteiger partial charge >= 0.3 is 41.0 Å². The molecule has 0 aliphatic heterocycles. The largest absolute Gasteiger partial charge is 0 e. The van der Waals surface area contributed by atoms with Crippen LogP contribution in [0.5, 0.6) is 0 Å². The standard InChI is InChI=1S/2C2H5.Ar.Zn/c2*1-2;;/h2*1H2,2H3;;. The van der Waals surface area contributed by atoms with Gasteiger partial charge in [0.05, 0.1) is 0 Å². The molecular formula is C4H10ArZn. The van der Waals surface area contributed by atoms with E-state index in [0.29, 0.717) is 0 Å². The maximum atomic E-state index is 2.30. The van der Waals surface area contributed by atoms with Crippen molar-refractivity contribution in [3.05, 3.63) is 0 Å². The van der Waals surface area contributed by atoms with E-state index in [2.05, 4.69) is 13.8 Å². The van der Waals surface area contributed by atoms with Gasteiger partial charge < -0.3 is 0 Å². The predicted octanol–water partition coefficient (Wildman–Crippen LogP) is 1.95. The molecule has 36 valence electrons. The van der Waals surface area contributed by atoms with Gasteiger partial charge in [-0.15, -0.1) is 0 Å². The molecule has 0 nitrogen and oxygen atoms in total. The van der Waals surface area contributed by atoms with Crippen LogP contribution in [0, 0.1) is 37.7 Å².